The zero-order chi connectivity index (χ0) is 29.9. The third kappa shape index (κ3) is 7.67. The molecule has 1 saturated carbocycles. The van der Waals surface area contributed by atoms with Crippen molar-refractivity contribution in [2.75, 3.05) is 11.9 Å². The molecule has 1 aliphatic carbocycles. The highest BCUT2D eigenvalue weighted by molar-refractivity contribution is 6.39. The number of rotatable bonds is 9. The van der Waals surface area contributed by atoms with Crippen LogP contribution in [0.2, 0.25) is 10.0 Å². The number of nitrogens with zero attached hydrogens (tertiary/aromatic N) is 2. The Morgan fingerprint density at radius 1 is 1.15 bits per heavy atom. The Kier molecular flexibility index (Phi) is 9.42. The molecule has 1 fully saturated rings. The number of carbonyl (C=O) groups is 2. The monoisotopic (exact) mass is 622 g/mol. The van der Waals surface area contributed by atoms with E-state index in [2.05, 4.69) is 30.9 Å². The van der Waals surface area contributed by atoms with Gasteiger partial charge in [0.1, 0.15) is 5.56 Å². The first-order valence-corrected chi connectivity index (χ1v) is 13.2. The van der Waals surface area contributed by atoms with E-state index >= 15 is 0 Å². The largest absolute Gasteiger partial charge is 0.471 e. The fourth-order valence-electron chi connectivity index (χ4n) is 4.41. The molecule has 4 rings (SSSR count). The Morgan fingerprint density at radius 3 is 2.49 bits per heavy atom. The van der Waals surface area contributed by atoms with Gasteiger partial charge in [-0.1, -0.05) is 29.3 Å². The van der Waals surface area contributed by atoms with Crippen LogP contribution >= 0.6 is 23.2 Å². The van der Waals surface area contributed by atoms with Crippen molar-refractivity contribution in [3.8, 4) is 5.88 Å². The average Bonchev–Trinajstić information content (AvgIpc) is 3.29. The van der Waals surface area contributed by atoms with Gasteiger partial charge in [0.25, 0.3) is 12.3 Å². The SMILES string of the molecule is CC(=O)NCc1ccc(Cl)c(Nc2nc3nc(OCC(F)F)c(C(=O)N[C@H]4CC[C@H](C(F)(F)F)CC4)cc3[nH]2)c1Cl. The number of aromatic nitrogens is 3. The molecule has 2 amide bonds. The summed E-state index contributed by atoms with van der Waals surface area (Å²) in [5.41, 5.74) is 0.871. The van der Waals surface area contributed by atoms with Crippen LogP contribution in [0.5, 0.6) is 5.88 Å². The number of aromatic amines is 1. The summed E-state index contributed by atoms with van der Waals surface area (Å²) < 4.78 is 69.9. The van der Waals surface area contributed by atoms with Crippen molar-refractivity contribution < 1.29 is 36.3 Å². The maximum Gasteiger partial charge on any atom is 0.391 e. The minimum atomic E-state index is -4.30. The Bertz CT molecular complexity index is 1430. The van der Waals surface area contributed by atoms with Crippen LogP contribution in [0.25, 0.3) is 11.2 Å². The first kappa shape index (κ1) is 30.6. The quantitative estimate of drug-likeness (QED) is 0.213. The first-order chi connectivity index (χ1) is 19.3. The van der Waals surface area contributed by atoms with Gasteiger partial charge in [0.15, 0.2) is 12.3 Å². The normalized spacial score (nSPS) is 17.5. The number of H-pyrrole nitrogens is 1. The van der Waals surface area contributed by atoms with E-state index in [1.165, 1.54) is 13.0 Å². The van der Waals surface area contributed by atoms with Crippen LogP contribution in [0.15, 0.2) is 18.2 Å². The lowest BCUT2D eigenvalue weighted by Crippen LogP contribution is -2.40. The van der Waals surface area contributed by atoms with Crippen LogP contribution in [0.1, 0.15) is 48.5 Å². The van der Waals surface area contributed by atoms with E-state index in [9.17, 15) is 31.5 Å². The molecule has 0 unspecified atom stereocenters. The molecule has 1 aromatic carbocycles. The summed E-state index contributed by atoms with van der Waals surface area (Å²) in [6.45, 7) is 0.455. The number of nitrogens with one attached hydrogen (secondary N) is 4. The summed E-state index contributed by atoms with van der Waals surface area (Å²) in [6.07, 6.45) is -7.20. The number of imidazole rings is 1. The highest BCUT2D eigenvalue weighted by atomic mass is 35.5. The first-order valence-electron chi connectivity index (χ1n) is 12.5. The Morgan fingerprint density at radius 2 is 1.85 bits per heavy atom. The van der Waals surface area contributed by atoms with Crippen molar-refractivity contribution in [1.82, 2.24) is 25.6 Å². The minimum absolute atomic E-state index is 0.0145. The van der Waals surface area contributed by atoms with E-state index in [1.54, 1.807) is 12.1 Å². The van der Waals surface area contributed by atoms with Crippen LogP contribution < -0.4 is 20.7 Å². The zero-order valence-electron chi connectivity index (χ0n) is 21.5. The summed E-state index contributed by atoms with van der Waals surface area (Å²) >= 11 is 12.8. The third-order valence-corrected chi connectivity index (χ3v) is 7.24. The molecule has 0 saturated heterocycles. The number of ether oxygens (including phenoxy) is 1. The highest BCUT2D eigenvalue weighted by Crippen LogP contribution is 2.38. The van der Waals surface area contributed by atoms with Gasteiger partial charge in [0.05, 0.1) is 27.2 Å². The molecule has 2 aromatic heterocycles. The lowest BCUT2D eigenvalue weighted by atomic mass is 9.85. The Hall–Kier alpha value is -3.39. The van der Waals surface area contributed by atoms with Gasteiger partial charge in [-0.2, -0.15) is 23.1 Å². The van der Waals surface area contributed by atoms with E-state index in [-0.39, 0.29) is 76.5 Å². The Labute approximate surface area is 240 Å². The van der Waals surface area contributed by atoms with Crippen molar-refractivity contribution >= 4 is 57.8 Å². The minimum Gasteiger partial charge on any atom is -0.471 e. The molecule has 0 spiro atoms. The van der Waals surface area contributed by atoms with E-state index in [1.807, 2.05) is 0 Å². The predicted octanol–water partition coefficient (Wildman–Crippen LogP) is 6.14. The van der Waals surface area contributed by atoms with Crippen LogP contribution in [-0.2, 0) is 11.3 Å². The standard InChI is InChI=1S/C25H25Cl2F5N6O3/c1-11(39)33-9-12-2-7-16(26)20(19(12)27)36-24-35-17-8-15(23(37-21(17)38-24)41-10-18(28)29)22(40)34-14-5-3-13(4-6-14)25(30,31)32/h2,7-8,13-14,18H,3-6,9-10H2,1H3,(H,33,39)(H,34,40)(H2,35,36,37,38)/t13-,14-. The maximum absolute atomic E-state index is 13.1. The molecule has 1 aliphatic rings. The molecule has 16 heteroatoms. The summed E-state index contributed by atoms with van der Waals surface area (Å²) in [5, 5.41) is 8.66. The van der Waals surface area contributed by atoms with Crippen molar-refractivity contribution in [2.24, 2.45) is 5.92 Å². The predicted molar refractivity (Wildman–Crippen MR) is 142 cm³/mol. The fourth-order valence-corrected chi connectivity index (χ4v) is 4.94. The molecule has 0 bridgehead atoms. The summed E-state index contributed by atoms with van der Waals surface area (Å²) in [4.78, 5) is 35.6. The van der Waals surface area contributed by atoms with E-state index in [4.69, 9.17) is 27.9 Å². The summed E-state index contributed by atoms with van der Waals surface area (Å²) in [6, 6.07) is 3.97. The number of alkyl halides is 5. The molecule has 9 nitrogen and oxygen atoms in total. The third-order valence-electron chi connectivity index (χ3n) is 6.50. The van der Waals surface area contributed by atoms with E-state index in [0.29, 0.717) is 5.56 Å². The summed E-state index contributed by atoms with van der Waals surface area (Å²) in [5.74, 6) is -2.74. The van der Waals surface area contributed by atoms with Crippen LogP contribution in [0.3, 0.4) is 0 Å². The zero-order valence-corrected chi connectivity index (χ0v) is 23.0. The number of amides is 2. The van der Waals surface area contributed by atoms with Gasteiger partial charge in [-0.3, -0.25) is 9.59 Å². The number of hydrogen-bond donors (Lipinski definition) is 4. The maximum atomic E-state index is 13.1. The van der Waals surface area contributed by atoms with Gasteiger partial charge in [-0.05, 0) is 43.4 Å². The second-order valence-corrected chi connectivity index (χ2v) is 10.3. The smallest absolute Gasteiger partial charge is 0.391 e. The lowest BCUT2D eigenvalue weighted by Gasteiger charge is -2.30. The van der Waals surface area contributed by atoms with Gasteiger partial charge < -0.3 is 25.7 Å². The van der Waals surface area contributed by atoms with Crippen molar-refractivity contribution in [2.45, 2.75) is 57.8 Å². The number of halogens is 7. The van der Waals surface area contributed by atoms with Gasteiger partial charge in [-0.25, -0.2) is 8.78 Å². The molecule has 41 heavy (non-hydrogen) atoms. The average molecular weight is 623 g/mol. The molecule has 3 aromatic rings. The van der Waals surface area contributed by atoms with Gasteiger partial charge in [-0.15, -0.1) is 0 Å². The summed E-state index contributed by atoms with van der Waals surface area (Å²) in [7, 11) is 0. The van der Waals surface area contributed by atoms with Crippen molar-refractivity contribution in [3.05, 3.63) is 39.4 Å². The number of benzene rings is 1. The highest BCUT2D eigenvalue weighted by Gasteiger charge is 2.41. The van der Waals surface area contributed by atoms with Crippen LogP contribution in [0.4, 0.5) is 33.6 Å². The molecule has 0 radical (unpaired) electrons. The fraction of sp³-hybridized carbons (Fsp3) is 0.440. The second kappa shape index (κ2) is 12.6. The molecule has 222 valence electrons. The number of fused-ring (bicyclic) bond motifs is 1. The Balaban J connectivity index is 1.58. The van der Waals surface area contributed by atoms with Gasteiger partial charge >= 0.3 is 6.18 Å². The second-order valence-electron chi connectivity index (χ2n) is 9.49. The molecule has 2 heterocycles. The number of anilines is 2. The van der Waals surface area contributed by atoms with Crippen LogP contribution in [0, 0.1) is 5.92 Å². The van der Waals surface area contributed by atoms with Crippen molar-refractivity contribution in [1.29, 1.82) is 0 Å². The van der Waals surface area contributed by atoms with E-state index in [0.717, 1.165) is 0 Å². The molecule has 0 atom stereocenters. The van der Waals surface area contributed by atoms with Crippen molar-refractivity contribution in [3.63, 3.8) is 0 Å². The topological polar surface area (TPSA) is 121 Å². The molecular formula is C25H25Cl2F5N6O3. The van der Waals surface area contributed by atoms with Gasteiger partial charge in [0, 0.05) is 19.5 Å². The van der Waals surface area contributed by atoms with Crippen LogP contribution in [-0.4, -0.2) is 52.0 Å². The molecule has 0 aliphatic heterocycles. The number of carbonyl (C=O) groups excluding carboxylic acids is 2. The lowest BCUT2D eigenvalue weighted by molar-refractivity contribution is -0.182. The molecule has 4 N–H and O–H groups in total. The number of pyridine rings is 1. The molecular weight excluding hydrogens is 598 g/mol. The van der Waals surface area contributed by atoms with Gasteiger partial charge in [0.2, 0.25) is 17.7 Å². The van der Waals surface area contributed by atoms with E-state index < -0.39 is 43.0 Å². The number of hydrogen-bond acceptors (Lipinski definition) is 6.